The second kappa shape index (κ2) is 12.6. The molecule has 6 rings (SSSR count). The molecule has 3 N–H and O–H groups in total. The summed E-state index contributed by atoms with van der Waals surface area (Å²) < 4.78 is 15.1. The number of amides is 2. The average Bonchev–Trinajstić information content (AvgIpc) is 3.55. The summed E-state index contributed by atoms with van der Waals surface area (Å²) in [5.74, 6) is 2.57. The molecule has 13 heteroatoms. The molecule has 232 valence electrons. The number of aryl methyl sites for hydroxylation is 2. The van der Waals surface area contributed by atoms with Gasteiger partial charge in [-0.3, -0.25) is 9.48 Å². The summed E-state index contributed by atoms with van der Waals surface area (Å²) in [6.07, 6.45) is 2.27. The number of rotatable bonds is 9. The number of nitrogens with one attached hydrogen (secondary N) is 2. The van der Waals surface area contributed by atoms with Crippen LogP contribution in [-0.2, 0) is 13.6 Å². The lowest BCUT2D eigenvalue weighted by Gasteiger charge is -2.31. The van der Waals surface area contributed by atoms with E-state index in [9.17, 15) is 14.7 Å². The van der Waals surface area contributed by atoms with Crippen molar-refractivity contribution in [1.29, 1.82) is 0 Å². The number of aromatic nitrogens is 5. The van der Waals surface area contributed by atoms with Gasteiger partial charge in [0.25, 0.3) is 5.91 Å². The zero-order valence-corrected chi connectivity index (χ0v) is 25.2. The van der Waals surface area contributed by atoms with Crippen LogP contribution >= 0.6 is 0 Å². The topological polar surface area (TPSA) is 149 Å². The Hall–Kier alpha value is -5.59. The normalized spacial score (nSPS) is 14.7. The van der Waals surface area contributed by atoms with Gasteiger partial charge >= 0.3 is 6.09 Å². The number of carbonyl (C=O) groups excluding carboxylic acids is 1. The first-order chi connectivity index (χ1) is 21.8. The lowest BCUT2D eigenvalue weighted by molar-refractivity contribution is 0.102. The molecule has 1 fully saturated rings. The number of likely N-dealkylation sites (tertiary alicyclic amines) is 1. The maximum Gasteiger partial charge on any atom is 0.407 e. The van der Waals surface area contributed by atoms with Gasteiger partial charge in [-0.05, 0) is 61.7 Å². The van der Waals surface area contributed by atoms with Crippen LogP contribution in [0.3, 0.4) is 0 Å². The first kappa shape index (κ1) is 29.5. The summed E-state index contributed by atoms with van der Waals surface area (Å²) >= 11 is 0. The van der Waals surface area contributed by atoms with Gasteiger partial charge < -0.3 is 30.1 Å². The third-order valence-electron chi connectivity index (χ3n) is 7.82. The van der Waals surface area contributed by atoms with Gasteiger partial charge in [0.2, 0.25) is 0 Å². The van der Waals surface area contributed by atoms with Gasteiger partial charge in [0, 0.05) is 55.8 Å². The van der Waals surface area contributed by atoms with Crippen molar-refractivity contribution in [2.24, 2.45) is 7.05 Å². The predicted octanol–water partition coefficient (Wildman–Crippen LogP) is 5.13. The van der Waals surface area contributed by atoms with Crippen LogP contribution in [0.25, 0.3) is 11.0 Å². The van der Waals surface area contributed by atoms with E-state index in [1.807, 2.05) is 38.2 Å². The van der Waals surface area contributed by atoms with Gasteiger partial charge in [-0.25, -0.2) is 14.5 Å². The molecule has 2 aromatic carbocycles. The van der Waals surface area contributed by atoms with E-state index in [4.69, 9.17) is 14.6 Å². The number of fused-ring (bicyclic) bond motifs is 1. The first-order valence-electron chi connectivity index (χ1n) is 14.6. The van der Waals surface area contributed by atoms with E-state index in [2.05, 4.69) is 20.7 Å². The Bertz CT molecular complexity index is 1810. The molecule has 0 unspecified atom stereocenters. The monoisotopic (exact) mass is 610 g/mol. The third kappa shape index (κ3) is 6.51. The van der Waals surface area contributed by atoms with E-state index >= 15 is 0 Å². The zero-order chi connectivity index (χ0) is 31.5. The molecule has 0 radical (unpaired) electrons. The summed E-state index contributed by atoms with van der Waals surface area (Å²) in [6, 6.07) is 18.0. The summed E-state index contributed by atoms with van der Waals surface area (Å²) in [5, 5.41) is 25.7. The van der Waals surface area contributed by atoms with Gasteiger partial charge in [0.15, 0.2) is 17.3 Å². The van der Waals surface area contributed by atoms with E-state index in [0.717, 1.165) is 29.8 Å². The van der Waals surface area contributed by atoms with Crippen LogP contribution in [0.2, 0.25) is 0 Å². The number of ether oxygens (including phenoxy) is 2. The summed E-state index contributed by atoms with van der Waals surface area (Å²) in [4.78, 5) is 30.5. The van der Waals surface area contributed by atoms with E-state index in [1.54, 1.807) is 59.1 Å². The van der Waals surface area contributed by atoms with E-state index in [-0.39, 0.29) is 11.9 Å². The number of benzene rings is 2. The molecule has 2 amide bonds. The Morgan fingerprint density at radius 1 is 1.04 bits per heavy atom. The van der Waals surface area contributed by atoms with Gasteiger partial charge in [0.1, 0.15) is 22.6 Å². The number of piperidine rings is 1. The number of carboxylic acid groups (broad SMARTS) is 1. The molecule has 0 bridgehead atoms. The highest BCUT2D eigenvalue weighted by Gasteiger charge is 2.26. The molecule has 1 atom stereocenters. The zero-order valence-electron chi connectivity index (χ0n) is 25.2. The van der Waals surface area contributed by atoms with Crippen molar-refractivity contribution in [3.63, 3.8) is 0 Å². The summed E-state index contributed by atoms with van der Waals surface area (Å²) in [5.41, 5.74) is 3.00. The molecule has 45 heavy (non-hydrogen) atoms. The number of nitrogens with zero attached hydrogens (tertiary/aromatic N) is 6. The molecular formula is C32H34N8O5. The van der Waals surface area contributed by atoms with Crippen molar-refractivity contribution < 1.29 is 24.2 Å². The summed E-state index contributed by atoms with van der Waals surface area (Å²) in [6.45, 7) is 3.21. The van der Waals surface area contributed by atoms with Crippen molar-refractivity contribution in [2.75, 3.05) is 30.8 Å². The highest BCUT2D eigenvalue weighted by molar-refractivity contribution is 6.03. The smallest absolute Gasteiger partial charge is 0.407 e. The van der Waals surface area contributed by atoms with Crippen molar-refractivity contribution in [1.82, 2.24) is 29.4 Å². The molecular weight excluding hydrogens is 576 g/mol. The van der Waals surface area contributed by atoms with E-state index < -0.39 is 6.09 Å². The fourth-order valence-electron chi connectivity index (χ4n) is 5.34. The van der Waals surface area contributed by atoms with Crippen LogP contribution in [0.5, 0.6) is 17.2 Å². The van der Waals surface area contributed by atoms with Gasteiger partial charge in [-0.1, -0.05) is 12.1 Å². The highest BCUT2D eigenvalue weighted by Crippen LogP contribution is 2.35. The van der Waals surface area contributed by atoms with Gasteiger partial charge in [0.05, 0.1) is 13.7 Å². The molecule has 4 heterocycles. The number of carbonyl (C=O) groups is 2. The van der Waals surface area contributed by atoms with E-state index in [1.165, 1.54) is 4.90 Å². The molecule has 0 spiro atoms. The Morgan fingerprint density at radius 3 is 2.49 bits per heavy atom. The minimum atomic E-state index is -0.936. The number of anilines is 2. The predicted molar refractivity (Wildman–Crippen MR) is 168 cm³/mol. The van der Waals surface area contributed by atoms with Crippen LogP contribution in [0.15, 0.2) is 66.9 Å². The second-order valence-corrected chi connectivity index (χ2v) is 10.9. The lowest BCUT2D eigenvalue weighted by Crippen LogP contribution is -2.44. The quantitative estimate of drug-likeness (QED) is 0.207. The van der Waals surface area contributed by atoms with Crippen molar-refractivity contribution >= 4 is 34.7 Å². The minimum absolute atomic E-state index is 0.129. The standard InChI is InChI=1S/C32H34N8O5/c1-20-17-27(36-38(20)2)35-31(41)22-8-12-25(13-9-22)45-26-14-15-33-30-28(26)29(34-23-5-4-16-39(19-23)32(42)43)37-40(30)18-21-6-10-24(44-3)11-7-21/h6-15,17,23H,4-5,16,18-19H2,1-3H3,(H,34,37)(H,42,43)(H,35,36,41)/t23-/m1/s1. The van der Waals surface area contributed by atoms with Crippen LogP contribution in [0.4, 0.5) is 16.4 Å². The Kier molecular flexibility index (Phi) is 8.23. The van der Waals surface area contributed by atoms with Crippen LogP contribution in [-0.4, -0.2) is 72.8 Å². The van der Waals surface area contributed by atoms with Crippen molar-refractivity contribution in [2.45, 2.75) is 32.4 Å². The Balaban J connectivity index is 1.28. The molecule has 0 saturated carbocycles. The number of pyridine rings is 1. The maximum absolute atomic E-state index is 12.8. The maximum atomic E-state index is 12.8. The Morgan fingerprint density at radius 2 is 1.80 bits per heavy atom. The van der Waals surface area contributed by atoms with Crippen LogP contribution in [0, 0.1) is 6.92 Å². The Labute approximate surface area is 259 Å². The van der Waals surface area contributed by atoms with Gasteiger partial charge in [-0.15, -0.1) is 0 Å². The first-order valence-corrected chi connectivity index (χ1v) is 14.6. The highest BCUT2D eigenvalue weighted by atomic mass is 16.5. The van der Waals surface area contributed by atoms with Crippen LogP contribution in [0.1, 0.15) is 34.5 Å². The van der Waals surface area contributed by atoms with Crippen LogP contribution < -0.4 is 20.1 Å². The molecule has 1 saturated heterocycles. The molecule has 0 aliphatic carbocycles. The number of hydrogen-bond acceptors (Lipinski definition) is 8. The minimum Gasteiger partial charge on any atom is -0.497 e. The largest absolute Gasteiger partial charge is 0.497 e. The fraction of sp³-hybridized carbons (Fsp3) is 0.281. The number of methoxy groups -OCH3 is 1. The molecule has 3 aromatic heterocycles. The second-order valence-electron chi connectivity index (χ2n) is 10.9. The third-order valence-corrected chi connectivity index (χ3v) is 7.82. The van der Waals surface area contributed by atoms with Crippen molar-refractivity contribution in [3.8, 4) is 17.2 Å². The lowest BCUT2D eigenvalue weighted by atomic mass is 10.1. The molecule has 1 aliphatic rings. The molecule has 13 nitrogen and oxygen atoms in total. The van der Waals surface area contributed by atoms with Gasteiger partial charge in [-0.2, -0.15) is 10.2 Å². The number of hydrogen-bond donors (Lipinski definition) is 3. The average molecular weight is 611 g/mol. The molecule has 5 aromatic rings. The van der Waals surface area contributed by atoms with Crippen molar-refractivity contribution in [3.05, 3.63) is 83.7 Å². The summed E-state index contributed by atoms with van der Waals surface area (Å²) in [7, 11) is 3.44. The SMILES string of the molecule is COc1ccc(Cn2nc(N[C@@H]3CCCN(C(=O)O)C3)c3c(Oc4ccc(C(=O)Nc5cc(C)n(C)n5)cc4)ccnc32)cc1. The molecule has 1 aliphatic heterocycles. The fourth-order valence-corrected chi connectivity index (χ4v) is 5.34. The van der Waals surface area contributed by atoms with E-state index in [0.29, 0.717) is 59.4 Å².